The summed E-state index contributed by atoms with van der Waals surface area (Å²) >= 11 is 2.93. The van der Waals surface area contributed by atoms with Gasteiger partial charge in [0, 0.05) is 16.3 Å². The van der Waals surface area contributed by atoms with Crippen LogP contribution in [0.5, 0.6) is 0 Å². The van der Waals surface area contributed by atoms with E-state index in [0.717, 1.165) is 28.4 Å². The summed E-state index contributed by atoms with van der Waals surface area (Å²) < 4.78 is 68.5. The number of carboxylic acids is 2. The van der Waals surface area contributed by atoms with Crippen LogP contribution in [0.3, 0.4) is 0 Å². The number of alkyl halides is 1. The van der Waals surface area contributed by atoms with Crippen molar-refractivity contribution in [3.63, 3.8) is 0 Å². The van der Waals surface area contributed by atoms with E-state index in [-0.39, 0.29) is 79.5 Å². The topological polar surface area (TPSA) is 141 Å². The predicted octanol–water partition coefficient (Wildman–Crippen LogP) is 1.83. The van der Waals surface area contributed by atoms with E-state index in [4.69, 9.17) is 11.6 Å². The van der Waals surface area contributed by atoms with Gasteiger partial charge in [-0.3, -0.25) is 9.18 Å². The first-order valence-electron chi connectivity index (χ1n) is 14.0. The summed E-state index contributed by atoms with van der Waals surface area (Å²) in [6, 6.07) is 4.60. The molecule has 0 unspecified atom stereocenters. The fraction of sp³-hybridized carbons (Fsp3) is 0.281. The van der Waals surface area contributed by atoms with Crippen LogP contribution in [0.1, 0.15) is 87.1 Å². The van der Waals surface area contributed by atoms with Gasteiger partial charge in [-0.05, 0) is 50.1 Å². The molecule has 17 heteroatoms. The summed E-state index contributed by atoms with van der Waals surface area (Å²) in [5.74, 6) is -7.84. The molecule has 8 nitrogen and oxygen atoms in total. The normalized spacial score (nSPS) is 10.1. The molecule has 2 N–H and O–H groups in total. The van der Waals surface area contributed by atoms with E-state index in [1.54, 1.807) is 44.5 Å². The Kier molecular flexibility index (Phi) is 25.6. The van der Waals surface area contributed by atoms with Crippen molar-refractivity contribution in [3.8, 4) is 0 Å². The van der Waals surface area contributed by atoms with Gasteiger partial charge in [-0.15, -0.1) is 28.3 Å². The molecule has 0 aliphatic carbocycles. The number of hydrogen-bond donors (Lipinski definition) is 2. The second-order valence-electron chi connectivity index (χ2n) is 9.84. The Balaban J connectivity index is -0.000000620. The van der Waals surface area contributed by atoms with Crippen molar-refractivity contribution in [2.45, 2.75) is 53.6 Å². The second-order valence-corrected chi connectivity index (χ2v) is 12.0. The smallest absolute Gasteiger partial charge is 1.00 e. The van der Waals surface area contributed by atoms with Crippen LogP contribution in [0.4, 0.5) is 22.0 Å². The number of nitrogens with zero attached hydrogens (tertiary/aromatic N) is 2. The Morgan fingerprint density at radius 2 is 1.27 bits per heavy atom. The minimum atomic E-state index is -1.50. The largest absolute Gasteiger partial charge is 1.00 e. The van der Waals surface area contributed by atoms with Crippen LogP contribution >= 0.6 is 22.7 Å². The zero-order chi connectivity index (χ0) is 37.2. The van der Waals surface area contributed by atoms with Gasteiger partial charge in [0.05, 0.1) is 35.4 Å². The maximum absolute atomic E-state index is 13.6. The number of aryl methyl sites for hydroxylation is 3. The molecule has 2 aromatic heterocycles. The number of thiazole rings is 2. The minimum Gasteiger partial charge on any atom is -1.00 e. The van der Waals surface area contributed by atoms with Crippen LogP contribution in [-0.2, 0) is 6.42 Å². The van der Waals surface area contributed by atoms with Gasteiger partial charge >= 0.3 is 63.3 Å². The number of benzene rings is 2. The number of aldehydes is 1. The quantitative estimate of drug-likeness (QED) is 0.171. The van der Waals surface area contributed by atoms with E-state index < -0.39 is 59.1 Å². The predicted molar refractivity (Wildman–Crippen MR) is 171 cm³/mol. The van der Waals surface area contributed by atoms with Gasteiger partial charge in [0.1, 0.15) is 5.69 Å². The van der Waals surface area contributed by atoms with Gasteiger partial charge in [-0.25, -0.2) is 37.1 Å². The molecule has 0 aliphatic heterocycles. The maximum Gasteiger partial charge on any atom is 1.00 e. The number of carboxylic acid groups (broad SMARTS) is 2. The van der Waals surface area contributed by atoms with Gasteiger partial charge in [-0.1, -0.05) is 39.8 Å². The van der Waals surface area contributed by atoms with Gasteiger partial charge in [-0.2, -0.15) is 0 Å². The molecular weight excluding hydrogens is 786 g/mol. The Morgan fingerprint density at radius 3 is 1.61 bits per heavy atom. The standard InChI is InChI=1S/C13H9F2NO2S.C9H8F2O2.C5H5NOS.C4H9O.CH3F.BrH.K/c1-7-16-9(6-19-7)4-2-8-3-5-10(13(17)18)12(15)11(8)14;1-2-5-3-4-6(9(12)13)8(11)7(5)10;1-4-6-5(2-7)3-8-4;1-4(2,3)5;1-2;;/h2-6H,1H3,(H,17,18);3-4H,2H2,1H3,(H,12,13);2-3H,1H3;1-3H3;1H3;1H;/q;;;-1;;;+1/p-1/i;;;;1D;;. The Hall–Kier alpha value is -2.22. The fourth-order valence-corrected chi connectivity index (χ4v) is 4.09. The Labute approximate surface area is 343 Å². The molecular formula is C32H34BrF5KN2O6S2-. The molecule has 49 heavy (non-hydrogen) atoms. The zero-order valence-electron chi connectivity index (χ0n) is 28.6. The molecule has 4 rings (SSSR count). The van der Waals surface area contributed by atoms with Crippen molar-refractivity contribution in [2.24, 2.45) is 0 Å². The number of carbonyl (C=O) groups is 3. The number of halogens is 6. The number of rotatable bonds is 6. The summed E-state index contributed by atoms with van der Waals surface area (Å²) in [5, 5.41) is 32.5. The zero-order valence-corrected chi connectivity index (χ0v) is 34.0. The average Bonchev–Trinajstić information content (AvgIpc) is 3.62. The Morgan fingerprint density at radius 1 is 0.857 bits per heavy atom. The van der Waals surface area contributed by atoms with Crippen LogP contribution in [0.2, 0.25) is 0 Å². The molecule has 0 amide bonds. The third-order valence-corrected chi connectivity index (χ3v) is 6.53. The summed E-state index contributed by atoms with van der Waals surface area (Å²) in [4.78, 5) is 39.0. The first-order chi connectivity index (χ1) is 22.3. The van der Waals surface area contributed by atoms with Crippen LogP contribution in [-0.4, -0.2) is 51.2 Å². The van der Waals surface area contributed by atoms with Crippen molar-refractivity contribution < 1.29 is 121 Å². The molecule has 0 radical (unpaired) electrons. The monoisotopic (exact) mass is 820 g/mol. The van der Waals surface area contributed by atoms with E-state index >= 15 is 0 Å². The number of carbonyl (C=O) groups excluding carboxylic acids is 1. The van der Waals surface area contributed by atoms with Crippen LogP contribution in [0, 0.1) is 37.1 Å². The summed E-state index contributed by atoms with van der Waals surface area (Å²) in [5.41, 5.74) is -0.721. The molecule has 4 aromatic rings. The van der Waals surface area contributed by atoms with Crippen molar-refractivity contribution in [1.29, 1.82) is 0 Å². The van der Waals surface area contributed by atoms with E-state index in [1.807, 2.05) is 13.8 Å². The first-order valence-corrected chi connectivity index (χ1v) is 15.0. The van der Waals surface area contributed by atoms with Gasteiger partial charge in [0.15, 0.2) is 29.6 Å². The average molecular weight is 822 g/mol. The van der Waals surface area contributed by atoms with Crippen molar-refractivity contribution in [2.75, 3.05) is 7.15 Å². The van der Waals surface area contributed by atoms with E-state index in [2.05, 4.69) is 9.97 Å². The molecule has 2 heterocycles. The van der Waals surface area contributed by atoms with Gasteiger partial charge in [0.25, 0.3) is 0 Å². The van der Waals surface area contributed by atoms with Crippen molar-refractivity contribution in [1.82, 2.24) is 9.97 Å². The van der Waals surface area contributed by atoms with Crippen LogP contribution in [0.25, 0.3) is 12.2 Å². The van der Waals surface area contributed by atoms with E-state index in [9.17, 15) is 41.4 Å². The van der Waals surface area contributed by atoms with Gasteiger partial charge in [0.2, 0.25) is 0 Å². The molecule has 0 bridgehead atoms. The number of aromatic nitrogens is 2. The third-order valence-electron chi connectivity index (χ3n) is 4.94. The van der Waals surface area contributed by atoms with Crippen LogP contribution in [0.15, 0.2) is 35.0 Å². The summed E-state index contributed by atoms with van der Waals surface area (Å²) in [7, 11) is -1.00. The van der Waals surface area contributed by atoms with Gasteiger partial charge < -0.3 is 32.3 Å². The molecule has 0 fully saturated rings. The van der Waals surface area contributed by atoms with E-state index in [1.165, 1.54) is 40.9 Å². The molecule has 2 aromatic carbocycles. The molecule has 264 valence electrons. The third kappa shape index (κ3) is 19.7. The fourth-order valence-electron chi connectivity index (χ4n) is 2.95. The number of aromatic carboxylic acids is 2. The SMILES string of the molecule is CC(C)(C)[O-].CCc1ccc(C(=O)O)c(F)c1F.Cc1nc(C=Cc2ccc(C(=O)O)c(F)c2F)cs1.Cc1nc(C=O)cs1.[2H]CF.[Br-].[K+]. The van der Waals surface area contributed by atoms with Crippen LogP contribution < -0.4 is 73.5 Å². The molecule has 0 saturated heterocycles. The molecule has 0 spiro atoms. The van der Waals surface area contributed by atoms with Crippen molar-refractivity contribution >= 4 is 53.1 Å². The minimum absolute atomic E-state index is 0. The first kappa shape index (κ1) is 48.9. The molecule has 0 atom stereocenters. The summed E-state index contributed by atoms with van der Waals surface area (Å²) in [6.45, 7) is 10.3. The summed E-state index contributed by atoms with van der Waals surface area (Å²) in [6.07, 6.45) is 3.99. The Bertz CT molecular complexity index is 1680. The molecule has 0 saturated carbocycles. The molecule has 0 aliphatic rings. The number of hydrogen-bond acceptors (Lipinski definition) is 8. The van der Waals surface area contributed by atoms with Crippen molar-refractivity contribution in [3.05, 3.63) is 102 Å². The van der Waals surface area contributed by atoms with E-state index in [0.29, 0.717) is 17.8 Å². The second kappa shape index (κ2) is 25.7. The maximum atomic E-state index is 13.6.